The molecule has 96 valence electrons. The molecule has 0 radical (unpaired) electrons. The van der Waals surface area contributed by atoms with Crippen molar-refractivity contribution in [2.75, 3.05) is 7.11 Å². The third kappa shape index (κ3) is 2.16. The summed E-state index contributed by atoms with van der Waals surface area (Å²) in [5.41, 5.74) is 1.12. The summed E-state index contributed by atoms with van der Waals surface area (Å²) in [7, 11) is 1.66. The SMILES string of the molecule is COc1ccc(CC(=O)C2C3CCCCC32)cc1. The van der Waals surface area contributed by atoms with Gasteiger partial charge >= 0.3 is 0 Å². The Labute approximate surface area is 108 Å². The van der Waals surface area contributed by atoms with Crippen molar-refractivity contribution in [3.8, 4) is 5.75 Å². The molecule has 2 unspecified atom stereocenters. The molecule has 2 atom stereocenters. The number of ketones is 1. The summed E-state index contributed by atoms with van der Waals surface area (Å²) in [6, 6.07) is 7.87. The van der Waals surface area contributed by atoms with E-state index in [1.165, 1.54) is 25.7 Å². The quantitative estimate of drug-likeness (QED) is 0.812. The summed E-state index contributed by atoms with van der Waals surface area (Å²) in [5, 5.41) is 0. The fourth-order valence-electron chi connectivity index (χ4n) is 3.53. The van der Waals surface area contributed by atoms with Gasteiger partial charge in [-0.15, -0.1) is 0 Å². The van der Waals surface area contributed by atoms with E-state index in [2.05, 4.69) is 0 Å². The predicted molar refractivity (Wildman–Crippen MR) is 70.6 cm³/mol. The van der Waals surface area contributed by atoms with Crippen LogP contribution in [0.4, 0.5) is 0 Å². The molecule has 2 nitrogen and oxygen atoms in total. The number of hydrogen-bond donors (Lipinski definition) is 0. The minimum absolute atomic E-state index is 0.384. The van der Waals surface area contributed by atoms with E-state index in [0.717, 1.165) is 23.1 Å². The van der Waals surface area contributed by atoms with Crippen molar-refractivity contribution in [1.82, 2.24) is 0 Å². The fourth-order valence-corrected chi connectivity index (χ4v) is 3.53. The summed E-state index contributed by atoms with van der Waals surface area (Å²) in [4.78, 5) is 12.3. The fraction of sp³-hybridized carbons (Fsp3) is 0.562. The molecule has 0 N–H and O–H groups in total. The van der Waals surface area contributed by atoms with E-state index in [9.17, 15) is 4.79 Å². The monoisotopic (exact) mass is 244 g/mol. The van der Waals surface area contributed by atoms with E-state index in [1.807, 2.05) is 24.3 Å². The second-order valence-electron chi connectivity index (χ2n) is 5.63. The summed E-state index contributed by atoms with van der Waals surface area (Å²) >= 11 is 0. The standard InChI is InChI=1S/C16H20O2/c1-18-12-8-6-11(7-9-12)10-15(17)16-13-4-2-3-5-14(13)16/h6-9,13-14,16H,2-5,10H2,1H3. The van der Waals surface area contributed by atoms with Gasteiger partial charge in [0.15, 0.2) is 0 Å². The molecule has 2 fully saturated rings. The van der Waals surface area contributed by atoms with E-state index >= 15 is 0 Å². The van der Waals surface area contributed by atoms with Crippen LogP contribution in [0.2, 0.25) is 0 Å². The normalized spacial score (nSPS) is 29.5. The molecule has 0 amide bonds. The maximum absolute atomic E-state index is 12.3. The molecule has 2 aliphatic rings. The maximum Gasteiger partial charge on any atom is 0.140 e. The van der Waals surface area contributed by atoms with E-state index in [4.69, 9.17) is 4.74 Å². The minimum atomic E-state index is 0.384. The lowest BCUT2D eigenvalue weighted by Crippen LogP contribution is -2.07. The molecule has 18 heavy (non-hydrogen) atoms. The van der Waals surface area contributed by atoms with Crippen molar-refractivity contribution in [3.05, 3.63) is 29.8 Å². The Hall–Kier alpha value is -1.31. The van der Waals surface area contributed by atoms with Gasteiger partial charge in [0.1, 0.15) is 11.5 Å². The molecular weight excluding hydrogens is 224 g/mol. The van der Waals surface area contributed by atoms with Crippen LogP contribution >= 0.6 is 0 Å². The van der Waals surface area contributed by atoms with Gasteiger partial charge in [-0.3, -0.25) is 4.79 Å². The molecule has 0 aliphatic heterocycles. The smallest absolute Gasteiger partial charge is 0.140 e. The largest absolute Gasteiger partial charge is 0.497 e. The van der Waals surface area contributed by atoms with Crippen LogP contribution < -0.4 is 4.74 Å². The van der Waals surface area contributed by atoms with Crippen molar-refractivity contribution >= 4 is 5.78 Å². The molecule has 0 saturated heterocycles. The number of methoxy groups -OCH3 is 1. The van der Waals surface area contributed by atoms with E-state index in [0.29, 0.717) is 18.1 Å². The van der Waals surface area contributed by atoms with Gasteiger partial charge in [-0.05, 0) is 42.4 Å². The maximum atomic E-state index is 12.3. The number of ether oxygens (including phenoxy) is 1. The molecule has 2 saturated carbocycles. The van der Waals surface area contributed by atoms with Crippen LogP contribution in [0.3, 0.4) is 0 Å². The average molecular weight is 244 g/mol. The summed E-state index contributed by atoms with van der Waals surface area (Å²) < 4.78 is 5.13. The first-order valence-corrected chi connectivity index (χ1v) is 6.95. The highest BCUT2D eigenvalue weighted by Crippen LogP contribution is 2.56. The van der Waals surface area contributed by atoms with E-state index < -0.39 is 0 Å². The number of hydrogen-bond acceptors (Lipinski definition) is 2. The van der Waals surface area contributed by atoms with Crippen LogP contribution in [0.15, 0.2) is 24.3 Å². The van der Waals surface area contributed by atoms with E-state index in [1.54, 1.807) is 7.11 Å². The van der Waals surface area contributed by atoms with Gasteiger partial charge in [0.25, 0.3) is 0 Å². The summed E-state index contributed by atoms with van der Waals surface area (Å²) in [6.45, 7) is 0. The third-order valence-electron chi connectivity index (χ3n) is 4.57. The van der Waals surface area contributed by atoms with Gasteiger partial charge in [0.2, 0.25) is 0 Å². The minimum Gasteiger partial charge on any atom is -0.497 e. The molecule has 1 aromatic carbocycles. The first kappa shape index (κ1) is 11.8. The van der Waals surface area contributed by atoms with Gasteiger partial charge in [0, 0.05) is 12.3 Å². The molecule has 0 spiro atoms. The molecule has 1 aromatic rings. The lowest BCUT2D eigenvalue weighted by atomic mass is 10.0. The first-order valence-electron chi connectivity index (χ1n) is 6.95. The zero-order valence-corrected chi connectivity index (χ0v) is 10.9. The Morgan fingerprint density at radius 3 is 2.33 bits per heavy atom. The highest BCUT2D eigenvalue weighted by molar-refractivity contribution is 5.86. The Bertz CT molecular complexity index is 423. The van der Waals surface area contributed by atoms with Crippen molar-refractivity contribution in [3.63, 3.8) is 0 Å². The van der Waals surface area contributed by atoms with Crippen molar-refractivity contribution in [1.29, 1.82) is 0 Å². The van der Waals surface area contributed by atoms with Crippen molar-refractivity contribution in [2.45, 2.75) is 32.1 Å². The van der Waals surface area contributed by atoms with Crippen molar-refractivity contribution in [2.24, 2.45) is 17.8 Å². The van der Waals surface area contributed by atoms with Gasteiger partial charge < -0.3 is 4.74 Å². The lowest BCUT2D eigenvalue weighted by molar-refractivity contribution is -0.120. The van der Waals surface area contributed by atoms with Crippen LogP contribution in [0.1, 0.15) is 31.2 Å². The lowest BCUT2D eigenvalue weighted by Gasteiger charge is -2.04. The molecule has 0 heterocycles. The number of Topliss-reactive ketones (excluding diaryl/α,β-unsaturated/α-hetero) is 1. The summed E-state index contributed by atoms with van der Waals surface area (Å²) in [5.74, 6) is 3.15. The molecule has 3 rings (SSSR count). The zero-order chi connectivity index (χ0) is 12.5. The topological polar surface area (TPSA) is 26.3 Å². The Morgan fingerprint density at radius 2 is 1.78 bits per heavy atom. The van der Waals surface area contributed by atoms with Gasteiger partial charge in [-0.1, -0.05) is 25.0 Å². The molecular formula is C16H20O2. The number of benzene rings is 1. The van der Waals surface area contributed by atoms with Gasteiger partial charge in [-0.2, -0.15) is 0 Å². The van der Waals surface area contributed by atoms with E-state index in [-0.39, 0.29) is 0 Å². The summed E-state index contributed by atoms with van der Waals surface area (Å²) in [6.07, 6.45) is 5.82. The van der Waals surface area contributed by atoms with Gasteiger partial charge in [0.05, 0.1) is 7.11 Å². The zero-order valence-electron chi connectivity index (χ0n) is 10.9. The number of carbonyl (C=O) groups is 1. The van der Waals surface area contributed by atoms with Crippen LogP contribution in [0, 0.1) is 17.8 Å². The second-order valence-corrected chi connectivity index (χ2v) is 5.63. The number of carbonyl (C=O) groups excluding carboxylic acids is 1. The molecule has 0 bridgehead atoms. The van der Waals surface area contributed by atoms with Crippen LogP contribution in [-0.4, -0.2) is 12.9 Å². The molecule has 2 aliphatic carbocycles. The second kappa shape index (κ2) is 4.75. The Kier molecular flexibility index (Phi) is 3.11. The first-order chi connectivity index (χ1) is 8.79. The Balaban J connectivity index is 1.60. The van der Waals surface area contributed by atoms with Crippen molar-refractivity contribution < 1.29 is 9.53 Å². The van der Waals surface area contributed by atoms with Crippen LogP contribution in [-0.2, 0) is 11.2 Å². The van der Waals surface area contributed by atoms with Gasteiger partial charge in [-0.25, -0.2) is 0 Å². The predicted octanol–water partition coefficient (Wildman–Crippen LogP) is 3.24. The number of fused-ring (bicyclic) bond motifs is 1. The van der Waals surface area contributed by atoms with Crippen LogP contribution in [0.5, 0.6) is 5.75 Å². The highest BCUT2D eigenvalue weighted by atomic mass is 16.5. The Morgan fingerprint density at radius 1 is 1.17 bits per heavy atom. The molecule has 2 heteroatoms. The number of rotatable bonds is 4. The highest BCUT2D eigenvalue weighted by Gasteiger charge is 2.53. The third-order valence-corrected chi connectivity index (χ3v) is 4.57. The van der Waals surface area contributed by atoms with Crippen LogP contribution in [0.25, 0.3) is 0 Å². The molecule has 0 aromatic heterocycles. The average Bonchev–Trinajstić information content (AvgIpc) is 3.14.